The summed E-state index contributed by atoms with van der Waals surface area (Å²) in [6.07, 6.45) is 0. The zero-order chi connectivity index (χ0) is 9.84. The molecule has 5 heteroatoms. The third kappa shape index (κ3) is 2.57. The van der Waals surface area contributed by atoms with Crippen LogP contribution < -0.4 is 0 Å². The molecule has 0 amide bonds. The Morgan fingerprint density at radius 1 is 1.46 bits per heavy atom. The number of alkyl halides is 1. The Kier molecular flexibility index (Phi) is 3.51. The zero-order valence-corrected chi connectivity index (χ0v) is 8.47. The molecule has 0 heterocycles. The summed E-state index contributed by atoms with van der Waals surface area (Å²) in [5, 5.41) is 0.464. The van der Waals surface area contributed by atoms with Gasteiger partial charge in [-0.3, -0.25) is 0 Å². The summed E-state index contributed by atoms with van der Waals surface area (Å²) in [5.41, 5.74) is 1.12. The van der Waals surface area contributed by atoms with Crippen LogP contribution in [0.25, 0.3) is 0 Å². The van der Waals surface area contributed by atoms with Gasteiger partial charge in [0, 0.05) is 23.0 Å². The number of halogens is 2. The Morgan fingerprint density at radius 2 is 2.15 bits per heavy atom. The van der Waals surface area contributed by atoms with E-state index in [0.29, 0.717) is 21.5 Å². The number of hydrogen-bond acceptors (Lipinski definition) is 2. The van der Waals surface area contributed by atoms with E-state index in [4.69, 9.17) is 23.2 Å². The van der Waals surface area contributed by atoms with Gasteiger partial charge in [-0.15, -0.1) is 11.6 Å². The van der Waals surface area contributed by atoms with E-state index in [9.17, 15) is 4.91 Å². The van der Waals surface area contributed by atoms with Gasteiger partial charge in [0.1, 0.15) is 0 Å². The molecule has 0 fully saturated rings. The maximum atomic E-state index is 11.0. The normalized spacial score (nSPS) is 9.77. The number of hydrogen-bond donors (Lipinski definition) is 0. The summed E-state index contributed by atoms with van der Waals surface area (Å²) < 4.78 is 0. The third-order valence-corrected chi connectivity index (χ3v) is 2.00. The molecule has 0 unspecified atom stereocenters. The van der Waals surface area contributed by atoms with E-state index in [2.05, 4.69) is 4.84 Å². The lowest BCUT2D eigenvalue weighted by atomic mass is 10.2. The highest BCUT2D eigenvalue weighted by Gasteiger charge is 2.15. The minimum Gasteiger partial charge on any atom is -0.230 e. The second kappa shape index (κ2) is 4.44. The molecule has 0 aliphatic heterocycles. The van der Waals surface area contributed by atoms with Crippen LogP contribution in [0.2, 0.25) is 5.02 Å². The molecule has 1 rings (SSSR count). The van der Waals surface area contributed by atoms with Crippen LogP contribution in [0.3, 0.4) is 0 Å². The van der Waals surface area contributed by atoms with E-state index in [-0.39, 0.29) is 0 Å². The predicted molar refractivity (Wildman–Crippen MR) is 51.3 cm³/mol. The molecule has 3 nitrogen and oxygen atoms in total. The van der Waals surface area contributed by atoms with E-state index < -0.39 is 0 Å². The molecule has 0 N–H and O–H groups in total. The topological polar surface area (TPSA) is 29.3 Å². The molecule has 0 atom stereocenters. The number of nitrogens with zero attached hydrogens (tertiary/aromatic N) is 1. The first-order chi connectivity index (χ1) is 6.17. The summed E-state index contributed by atoms with van der Waals surface area (Å²) in [5.74, 6) is 0.311. The molecule has 0 aliphatic rings. The predicted octanol–water partition coefficient (Wildman–Crippen LogP) is 3.05. The Morgan fingerprint density at radius 3 is 2.69 bits per heavy atom. The first-order valence-corrected chi connectivity index (χ1v) is 4.45. The SMILES string of the molecule is CO[N+](=O)c1cc(Cl)cc(CCl)c1. The van der Waals surface area contributed by atoms with E-state index in [1.54, 1.807) is 12.1 Å². The molecular formula is C8H8Cl2NO2+. The van der Waals surface area contributed by atoms with Gasteiger partial charge >= 0.3 is 5.69 Å². The number of rotatable bonds is 3. The minimum absolute atomic E-state index is 0.311. The average molecular weight is 221 g/mol. The van der Waals surface area contributed by atoms with Crippen molar-refractivity contribution in [3.63, 3.8) is 0 Å². The average Bonchev–Trinajstić information content (AvgIpc) is 2.15. The van der Waals surface area contributed by atoms with Crippen LogP contribution in [0, 0.1) is 4.91 Å². The Labute approximate surface area is 85.7 Å². The Hall–Kier alpha value is -0.800. The van der Waals surface area contributed by atoms with Crippen molar-refractivity contribution in [3.8, 4) is 0 Å². The van der Waals surface area contributed by atoms with Crippen molar-refractivity contribution >= 4 is 28.9 Å². The fourth-order valence-corrected chi connectivity index (χ4v) is 1.33. The van der Waals surface area contributed by atoms with E-state index >= 15 is 0 Å². The molecule has 1 aromatic rings. The van der Waals surface area contributed by atoms with Crippen LogP contribution in [-0.4, -0.2) is 12.0 Å². The second-order valence-corrected chi connectivity index (χ2v) is 3.09. The van der Waals surface area contributed by atoms with Gasteiger partial charge in [0.05, 0.1) is 4.91 Å². The van der Waals surface area contributed by atoms with Crippen molar-refractivity contribution in [1.29, 1.82) is 0 Å². The quantitative estimate of drug-likeness (QED) is 0.579. The molecule has 1 aromatic carbocycles. The summed E-state index contributed by atoms with van der Waals surface area (Å²) in [7, 11) is 1.29. The fourth-order valence-electron chi connectivity index (χ4n) is 0.921. The van der Waals surface area contributed by atoms with E-state index in [0.717, 1.165) is 5.56 Å². The Bertz CT molecular complexity index is 328. The first-order valence-electron chi connectivity index (χ1n) is 3.54. The summed E-state index contributed by atoms with van der Waals surface area (Å²) >= 11 is 11.3. The highest BCUT2D eigenvalue weighted by Crippen LogP contribution is 2.22. The lowest BCUT2D eigenvalue weighted by Gasteiger charge is -1.95. The molecule has 0 aliphatic carbocycles. The van der Waals surface area contributed by atoms with Gasteiger partial charge in [-0.2, -0.15) is 0 Å². The van der Waals surface area contributed by atoms with Crippen molar-refractivity contribution in [2.75, 3.05) is 7.11 Å². The molecule has 0 saturated carbocycles. The van der Waals surface area contributed by atoms with Crippen molar-refractivity contribution < 1.29 is 9.76 Å². The summed E-state index contributed by atoms with van der Waals surface area (Å²) in [4.78, 5) is 15.9. The molecule has 0 radical (unpaired) electrons. The molecule has 13 heavy (non-hydrogen) atoms. The van der Waals surface area contributed by atoms with E-state index in [1.807, 2.05) is 0 Å². The van der Waals surface area contributed by atoms with Crippen molar-refractivity contribution in [2.45, 2.75) is 5.88 Å². The van der Waals surface area contributed by atoms with Gasteiger partial charge in [0.15, 0.2) is 7.11 Å². The van der Waals surface area contributed by atoms with Crippen molar-refractivity contribution in [1.82, 2.24) is 0 Å². The van der Waals surface area contributed by atoms with Gasteiger partial charge < -0.3 is 0 Å². The molecule has 0 spiro atoms. The highest BCUT2D eigenvalue weighted by atomic mass is 35.5. The smallest absolute Gasteiger partial charge is 0.230 e. The fraction of sp³-hybridized carbons (Fsp3) is 0.250. The zero-order valence-electron chi connectivity index (χ0n) is 6.96. The van der Waals surface area contributed by atoms with Gasteiger partial charge in [0.2, 0.25) is 0 Å². The molecule has 0 bridgehead atoms. The van der Waals surface area contributed by atoms with Crippen LogP contribution in [0.1, 0.15) is 5.56 Å². The first kappa shape index (κ1) is 10.3. The maximum absolute atomic E-state index is 11.0. The summed E-state index contributed by atoms with van der Waals surface area (Å²) in [6, 6.07) is 4.82. The maximum Gasteiger partial charge on any atom is 0.318 e. The highest BCUT2D eigenvalue weighted by molar-refractivity contribution is 6.31. The minimum atomic E-state index is 0.311. The van der Waals surface area contributed by atoms with Gasteiger partial charge in [0.25, 0.3) is 4.92 Å². The second-order valence-electron chi connectivity index (χ2n) is 2.39. The molecule has 70 valence electrons. The lowest BCUT2D eigenvalue weighted by molar-refractivity contribution is -0.736. The van der Waals surface area contributed by atoms with Gasteiger partial charge in [-0.25, -0.2) is 4.84 Å². The lowest BCUT2D eigenvalue weighted by Crippen LogP contribution is -1.98. The van der Waals surface area contributed by atoms with Gasteiger partial charge in [-0.1, -0.05) is 11.6 Å². The number of benzene rings is 1. The largest absolute Gasteiger partial charge is 0.318 e. The molecule has 0 saturated heterocycles. The van der Waals surface area contributed by atoms with Crippen LogP contribution in [0.4, 0.5) is 5.69 Å². The van der Waals surface area contributed by atoms with Gasteiger partial charge in [-0.05, 0) is 11.6 Å². The molecular weight excluding hydrogens is 213 g/mol. The summed E-state index contributed by atoms with van der Waals surface area (Å²) in [6.45, 7) is 0. The standard InChI is InChI=1S/C8H8Cl2NO2/c1-13-11(12)8-3-6(5-9)2-7(10)4-8/h2-4H,5H2,1H3/q+1. The third-order valence-electron chi connectivity index (χ3n) is 1.47. The van der Waals surface area contributed by atoms with E-state index in [1.165, 1.54) is 13.2 Å². The Balaban J connectivity index is 3.08. The van der Waals surface area contributed by atoms with Crippen molar-refractivity contribution in [3.05, 3.63) is 33.7 Å². The van der Waals surface area contributed by atoms with Crippen LogP contribution in [-0.2, 0) is 10.7 Å². The monoisotopic (exact) mass is 220 g/mol. The van der Waals surface area contributed by atoms with Crippen LogP contribution in [0.5, 0.6) is 0 Å². The van der Waals surface area contributed by atoms with Crippen LogP contribution >= 0.6 is 23.2 Å². The van der Waals surface area contributed by atoms with Crippen LogP contribution in [0.15, 0.2) is 18.2 Å². The molecule has 0 aromatic heterocycles. The van der Waals surface area contributed by atoms with Crippen molar-refractivity contribution in [2.24, 2.45) is 0 Å².